The number of aliphatic hydroxyl groups is 1. The summed E-state index contributed by atoms with van der Waals surface area (Å²) in [7, 11) is 5.06. The van der Waals surface area contributed by atoms with E-state index >= 15 is 0 Å². The number of nitrogen functional groups attached to an aromatic ring is 1. The van der Waals surface area contributed by atoms with Crippen molar-refractivity contribution in [2.75, 3.05) is 84.6 Å². The molecule has 0 unspecified atom stereocenters. The number of ether oxygens (including phenoxy) is 4. The van der Waals surface area contributed by atoms with Gasteiger partial charge in [0.2, 0.25) is 11.5 Å². The Morgan fingerprint density at radius 2 is 0.987 bits per heavy atom. The number of likely N-dealkylation sites (N-methyl/N-ethyl adjacent to an activating group) is 3. The molecule has 5 aliphatic rings. The topological polar surface area (TPSA) is 275 Å². The summed E-state index contributed by atoms with van der Waals surface area (Å²) in [6.07, 6.45) is -2.38. The quantitative estimate of drug-likeness (QED) is 0.0843. The minimum Gasteiger partial charge on any atom is -0.477 e. The highest BCUT2D eigenvalue weighted by Crippen LogP contribution is 2.45. The molecule has 22 nitrogen and oxygen atoms in total. The number of fused-ring (bicyclic) bond motifs is 4. The average Bonchev–Trinajstić information content (AvgIpc) is 3.31. The number of carbonyl (C=O) groups is 4. The number of nitrogens with two attached hydrogens (primary N) is 1. The third kappa shape index (κ3) is 16.4. The van der Waals surface area contributed by atoms with Gasteiger partial charge in [-0.15, -0.1) is 0 Å². The van der Waals surface area contributed by atoms with E-state index < -0.39 is 34.3 Å². The fourth-order valence-corrected chi connectivity index (χ4v) is 7.73. The molecule has 4 aromatic rings. The second-order valence-electron chi connectivity index (χ2n) is 15.7. The number of rotatable bonds is 3. The molecule has 4 atom stereocenters. The lowest BCUT2D eigenvalue weighted by Crippen LogP contribution is -2.45. The van der Waals surface area contributed by atoms with Gasteiger partial charge in [0.25, 0.3) is 23.6 Å². The number of benzene rings is 4. The molecule has 0 saturated carbocycles. The third-order valence-electron chi connectivity index (χ3n) is 10.8. The lowest BCUT2D eigenvalue weighted by molar-refractivity contribution is -0.386. The van der Waals surface area contributed by atoms with Crippen molar-refractivity contribution in [2.45, 2.75) is 111 Å². The number of carbonyl (C=O) groups excluding carboxylic acids is 4. The number of anilines is 6. The zero-order chi connectivity index (χ0) is 51.0. The van der Waals surface area contributed by atoms with Crippen LogP contribution in [0.2, 0.25) is 10.0 Å². The molecule has 5 N–H and O–H groups in total. The zero-order valence-corrected chi connectivity index (χ0v) is 40.5. The third-order valence-corrected chi connectivity index (χ3v) is 11.3. The molecule has 9 rings (SSSR count). The molecule has 24 heteroatoms. The Bertz CT molecular complexity index is 2620. The van der Waals surface area contributed by atoms with Gasteiger partial charge in [0, 0.05) is 76.1 Å². The summed E-state index contributed by atoms with van der Waals surface area (Å²) < 4.78 is 21.7. The van der Waals surface area contributed by atoms with Gasteiger partial charge >= 0.3 is 11.4 Å². The molecule has 0 radical (unpaired) electrons. The lowest BCUT2D eigenvalue weighted by atomic mass is 10.1. The number of amides is 4. The van der Waals surface area contributed by atoms with Crippen LogP contribution in [-0.2, 0) is 19.2 Å². The fraction of sp³-hybridized carbons (Fsp3) is 0.462. The summed E-state index contributed by atoms with van der Waals surface area (Å²) in [5.41, 5.74) is 9.03. The zero-order valence-electron chi connectivity index (χ0n) is 39.0. The number of nitro benzene ring substituents is 2. The Kier molecular flexibility index (Phi) is 30.5. The first-order chi connectivity index (χ1) is 32.6. The first-order valence-electron chi connectivity index (χ1n) is 21.5. The highest BCUT2D eigenvalue weighted by Gasteiger charge is 2.36. The summed E-state index contributed by atoms with van der Waals surface area (Å²) in [5, 5.41) is 35.4. The second-order valence-corrected chi connectivity index (χ2v) is 16.6. The molecule has 4 amide bonds. The van der Waals surface area contributed by atoms with Crippen LogP contribution in [0.1, 0.15) is 86.6 Å². The maximum Gasteiger partial charge on any atom is 0.314 e. The Balaban J connectivity index is -0.000000895. The van der Waals surface area contributed by atoms with Gasteiger partial charge < -0.3 is 60.0 Å². The van der Waals surface area contributed by atoms with E-state index in [-0.39, 0.29) is 121 Å². The summed E-state index contributed by atoms with van der Waals surface area (Å²) >= 11 is 11.5. The number of halogens is 2. The van der Waals surface area contributed by atoms with Crippen LogP contribution in [-0.4, -0.2) is 117 Å². The lowest BCUT2D eigenvalue weighted by Gasteiger charge is -2.36. The number of para-hydroxylation sites is 2. The van der Waals surface area contributed by atoms with Gasteiger partial charge in [0.15, 0.2) is 35.9 Å². The summed E-state index contributed by atoms with van der Waals surface area (Å²) in [6.45, 7) is 12.4. The van der Waals surface area contributed by atoms with Gasteiger partial charge in [-0.2, -0.15) is 0 Å². The van der Waals surface area contributed by atoms with Crippen molar-refractivity contribution in [3.05, 3.63) is 90.9 Å². The highest BCUT2D eigenvalue weighted by molar-refractivity contribution is 6.31. The van der Waals surface area contributed by atoms with Crippen molar-refractivity contribution in [2.24, 2.45) is 0 Å². The number of hydrogen-bond donors (Lipinski definition) is 4. The van der Waals surface area contributed by atoms with E-state index in [1.807, 2.05) is 25.2 Å². The Morgan fingerprint density at radius 1 is 0.605 bits per heavy atom. The highest BCUT2D eigenvalue weighted by atomic mass is 35.5. The number of piperazine rings is 1. The largest absolute Gasteiger partial charge is 0.477 e. The normalized spacial score (nSPS) is 17.8. The monoisotopic (exact) mass is 1110 g/mol. The van der Waals surface area contributed by atoms with Crippen LogP contribution in [0.25, 0.3) is 0 Å². The van der Waals surface area contributed by atoms with Crippen LogP contribution in [0, 0.1) is 20.2 Å². The molecule has 1 saturated heterocycles. The molecular weight excluding hydrogens is 1030 g/mol. The van der Waals surface area contributed by atoms with Crippen molar-refractivity contribution in [3.8, 4) is 23.0 Å². The molecule has 4 aromatic carbocycles. The van der Waals surface area contributed by atoms with Crippen molar-refractivity contribution >= 4 is 92.3 Å². The second kappa shape index (κ2) is 31.7. The molecule has 0 aliphatic carbocycles. The molecule has 0 spiro atoms. The number of nitrogens with zero attached hydrogens (tertiary/aromatic N) is 6. The summed E-state index contributed by atoms with van der Waals surface area (Å²) in [4.78, 5) is 73.8. The predicted octanol–water partition coefficient (Wildman–Crippen LogP) is 10.3. The van der Waals surface area contributed by atoms with Gasteiger partial charge in [-0.1, -0.05) is 87.3 Å². The van der Waals surface area contributed by atoms with E-state index in [0.717, 1.165) is 49.0 Å². The van der Waals surface area contributed by atoms with Crippen LogP contribution in [0.5, 0.6) is 23.0 Å². The van der Waals surface area contributed by atoms with E-state index in [2.05, 4.69) is 21.6 Å². The smallest absolute Gasteiger partial charge is 0.314 e. The van der Waals surface area contributed by atoms with E-state index in [1.54, 1.807) is 56.7 Å². The standard InChI is InChI=1S/C14H19N3O2.C10H9ClN2O4.C10H12N2O2.C9H7ClN2O4.C2H6O.7CH4/c1-10-14(18)16(2)11-4-3-5-12(13(11)19-10)17-8-6-15-7-9-17;1-5-10(14)12(2)7-3-6(11)4-8(13(15)16)9(7)17-5;1-6-10(13)12(2)8-5-3-4-7(11)9(8)14-6;1-4-9(13)11-6-2-5(10)3-7(12(14)15)8(6)16-4;1-2-3;;;;;;;/h3-5,10,15H,6-9H2,1-2H3;3-5H,1-2H3;3-6H,11H2,1-2H3;2-4H,1H3,(H,11,13);3H,2H2,1H3;7*1H4/t10-;5-;6-;4-;;;;;;;;/m1111......../s1. The Hall–Kier alpha value is -7.14. The minimum atomic E-state index is -0.757. The molecule has 5 aliphatic heterocycles. The molecule has 426 valence electrons. The maximum absolute atomic E-state index is 12.0. The summed E-state index contributed by atoms with van der Waals surface area (Å²) in [6, 6.07) is 16.6. The van der Waals surface area contributed by atoms with Gasteiger partial charge in [-0.05, 0) is 71.0 Å². The van der Waals surface area contributed by atoms with Gasteiger partial charge in [-0.3, -0.25) is 39.4 Å². The van der Waals surface area contributed by atoms with Gasteiger partial charge in [-0.25, -0.2) is 0 Å². The molecular formula is C52H81Cl2N9O13. The fourth-order valence-electron chi connectivity index (χ4n) is 7.31. The Labute approximate surface area is 458 Å². The minimum absolute atomic E-state index is 0. The van der Waals surface area contributed by atoms with Gasteiger partial charge in [0.05, 0.1) is 44.0 Å². The molecule has 0 bridgehead atoms. The number of nitrogens with one attached hydrogen (secondary N) is 2. The predicted molar refractivity (Wildman–Crippen MR) is 308 cm³/mol. The number of nitro groups is 2. The van der Waals surface area contributed by atoms with Crippen molar-refractivity contribution in [1.29, 1.82) is 0 Å². The molecule has 76 heavy (non-hydrogen) atoms. The van der Waals surface area contributed by atoms with Crippen LogP contribution < -0.4 is 54.9 Å². The first-order valence-corrected chi connectivity index (χ1v) is 22.2. The van der Waals surface area contributed by atoms with Crippen molar-refractivity contribution in [1.82, 2.24) is 5.32 Å². The van der Waals surface area contributed by atoms with E-state index in [1.165, 1.54) is 43.1 Å². The number of aliphatic hydroxyl groups excluding tert-OH is 1. The molecule has 1 fully saturated rings. The summed E-state index contributed by atoms with van der Waals surface area (Å²) in [5.74, 6) is 0.878. The van der Waals surface area contributed by atoms with Crippen LogP contribution >= 0.6 is 23.2 Å². The van der Waals surface area contributed by atoms with E-state index in [9.17, 15) is 39.4 Å². The number of hydrogen-bond acceptors (Lipinski definition) is 16. The maximum atomic E-state index is 12.0. The average molecular weight is 1110 g/mol. The van der Waals surface area contributed by atoms with E-state index in [0.29, 0.717) is 17.1 Å². The molecule has 5 heterocycles. The van der Waals surface area contributed by atoms with Crippen LogP contribution in [0.3, 0.4) is 0 Å². The van der Waals surface area contributed by atoms with Crippen LogP contribution in [0.4, 0.5) is 45.5 Å². The van der Waals surface area contributed by atoms with Gasteiger partial charge in [0.1, 0.15) is 0 Å². The van der Waals surface area contributed by atoms with Crippen molar-refractivity contribution < 1.29 is 53.1 Å². The van der Waals surface area contributed by atoms with Crippen LogP contribution in [0.15, 0.2) is 60.7 Å². The Morgan fingerprint density at radius 3 is 1.47 bits per heavy atom. The first kappa shape index (κ1) is 73.1. The van der Waals surface area contributed by atoms with Crippen molar-refractivity contribution in [3.63, 3.8) is 0 Å². The SMILES string of the molecule is C.C.C.C.C.C.C.CCO.C[C@H]1Oc2c(N)cccc2N(C)C1=O.C[C@H]1Oc2c(N3CCNCC3)cccc2N(C)C1=O.C[C@H]1Oc2c(cc(Cl)cc2[N+](=O)[O-])N(C)C1=O.C[C@H]1Oc2c(cc(Cl)cc2[N+](=O)[O-])NC1=O. The van der Waals surface area contributed by atoms with E-state index in [4.69, 9.17) is 53.0 Å². The molecule has 0 aromatic heterocycles.